The summed E-state index contributed by atoms with van der Waals surface area (Å²) >= 11 is 0. The molecule has 116 valence electrons. The van der Waals surface area contributed by atoms with Gasteiger partial charge in [0.1, 0.15) is 5.76 Å². The largest absolute Gasteiger partial charge is 0.448 e. The number of rotatable bonds is 4. The topological polar surface area (TPSA) is 72.4 Å². The van der Waals surface area contributed by atoms with Gasteiger partial charge in [0.25, 0.3) is 5.91 Å². The van der Waals surface area contributed by atoms with Gasteiger partial charge < -0.3 is 15.1 Å². The van der Waals surface area contributed by atoms with Gasteiger partial charge in [-0.25, -0.2) is 4.98 Å². The van der Waals surface area contributed by atoms with Gasteiger partial charge in [-0.05, 0) is 18.0 Å². The van der Waals surface area contributed by atoms with Gasteiger partial charge in [-0.1, -0.05) is 37.3 Å². The predicted octanol–water partition coefficient (Wildman–Crippen LogP) is 2.05. The molecule has 2 aromatic rings. The summed E-state index contributed by atoms with van der Waals surface area (Å²) in [6, 6.07) is 10.3. The molecule has 2 atom stereocenters. The molecule has 1 fully saturated rings. The van der Waals surface area contributed by atoms with E-state index in [9.17, 15) is 4.79 Å². The summed E-state index contributed by atoms with van der Waals surface area (Å²) in [6.07, 6.45) is 2.01. The smallest absolute Gasteiger partial charge is 0.276 e. The van der Waals surface area contributed by atoms with Crippen molar-refractivity contribution in [3.05, 3.63) is 53.7 Å². The van der Waals surface area contributed by atoms with E-state index in [2.05, 4.69) is 17.1 Å². The van der Waals surface area contributed by atoms with Crippen molar-refractivity contribution in [2.24, 2.45) is 11.7 Å². The molecule has 0 spiro atoms. The first-order valence-electron chi connectivity index (χ1n) is 7.71. The van der Waals surface area contributed by atoms with E-state index in [1.807, 2.05) is 30.0 Å². The van der Waals surface area contributed by atoms with Gasteiger partial charge in [0.2, 0.25) is 0 Å². The zero-order valence-electron chi connectivity index (χ0n) is 12.7. The van der Waals surface area contributed by atoms with Crippen LogP contribution < -0.4 is 5.73 Å². The van der Waals surface area contributed by atoms with Crippen LogP contribution in [-0.4, -0.2) is 35.4 Å². The Balaban J connectivity index is 1.81. The number of oxazole rings is 1. The normalized spacial score (nSPS) is 21.3. The highest BCUT2D eigenvalue weighted by Gasteiger charge is 2.36. The van der Waals surface area contributed by atoms with Gasteiger partial charge >= 0.3 is 0 Å². The van der Waals surface area contributed by atoms with Gasteiger partial charge in [0.05, 0.1) is 0 Å². The lowest BCUT2D eigenvalue weighted by atomic mass is 9.89. The van der Waals surface area contributed by atoms with Crippen LogP contribution in [0.1, 0.15) is 34.7 Å². The van der Waals surface area contributed by atoms with Gasteiger partial charge in [-0.2, -0.15) is 0 Å². The van der Waals surface area contributed by atoms with E-state index >= 15 is 0 Å². The minimum atomic E-state index is -0.0533. The maximum absolute atomic E-state index is 12.7. The average molecular weight is 299 g/mol. The maximum atomic E-state index is 12.7. The van der Waals surface area contributed by atoms with Crippen LogP contribution in [0.15, 0.2) is 41.1 Å². The molecule has 1 amide bonds. The summed E-state index contributed by atoms with van der Waals surface area (Å²) in [5, 5.41) is 0. The number of nitrogens with two attached hydrogens (primary N) is 1. The first-order chi connectivity index (χ1) is 10.7. The third-order valence-corrected chi connectivity index (χ3v) is 4.42. The lowest BCUT2D eigenvalue weighted by Crippen LogP contribution is -2.30. The van der Waals surface area contributed by atoms with Crippen LogP contribution in [0, 0.1) is 5.92 Å². The van der Waals surface area contributed by atoms with Gasteiger partial charge in [0, 0.05) is 25.4 Å². The summed E-state index contributed by atoms with van der Waals surface area (Å²) < 4.78 is 5.28. The second kappa shape index (κ2) is 6.32. The third-order valence-electron chi connectivity index (χ3n) is 4.42. The fraction of sp³-hybridized carbons (Fsp3) is 0.412. The van der Waals surface area contributed by atoms with E-state index in [1.165, 1.54) is 12.0 Å². The summed E-state index contributed by atoms with van der Waals surface area (Å²) in [7, 11) is 0. The third kappa shape index (κ3) is 2.64. The molecule has 0 saturated carbocycles. The number of carbonyl (C=O) groups excluding carboxylic acids is 1. The Morgan fingerprint density at radius 2 is 2.14 bits per heavy atom. The standard InChI is InChI=1S/C17H21N3O2/c1-2-15-16(19-11-22-15)17(21)20-9-13(8-18)14(10-20)12-6-4-3-5-7-12/h3-7,11,13-14H,2,8-10,18H2,1H3/t13-,14+/m1/s1. The molecule has 5 heteroatoms. The van der Waals surface area contributed by atoms with Crippen molar-refractivity contribution in [2.45, 2.75) is 19.3 Å². The molecular weight excluding hydrogens is 278 g/mol. The second-order valence-electron chi connectivity index (χ2n) is 5.70. The quantitative estimate of drug-likeness (QED) is 0.938. The SMILES string of the molecule is CCc1ocnc1C(=O)N1C[C@@H](CN)[C@H](c2ccccc2)C1. The van der Waals surface area contributed by atoms with Gasteiger partial charge in [0.15, 0.2) is 12.1 Å². The maximum Gasteiger partial charge on any atom is 0.276 e. The molecular formula is C17H21N3O2. The van der Waals surface area contributed by atoms with Crippen LogP contribution in [0.5, 0.6) is 0 Å². The van der Waals surface area contributed by atoms with Crippen LogP contribution in [0.25, 0.3) is 0 Å². The van der Waals surface area contributed by atoms with Crippen molar-refractivity contribution < 1.29 is 9.21 Å². The predicted molar refractivity (Wildman–Crippen MR) is 83.5 cm³/mol. The van der Waals surface area contributed by atoms with E-state index in [0.29, 0.717) is 37.5 Å². The number of amides is 1. The molecule has 0 radical (unpaired) electrons. The van der Waals surface area contributed by atoms with Crippen LogP contribution in [0.3, 0.4) is 0 Å². The monoisotopic (exact) mass is 299 g/mol. The summed E-state index contributed by atoms with van der Waals surface area (Å²) in [5.74, 6) is 1.16. The number of benzene rings is 1. The highest BCUT2D eigenvalue weighted by atomic mass is 16.3. The molecule has 1 aromatic heterocycles. The van der Waals surface area contributed by atoms with Crippen LogP contribution in [0.2, 0.25) is 0 Å². The Morgan fingerprint density at radius 3 is 2.82 bits per heavy atom. The molecule has 1 aliphatic heterocycles. The summed E-state index contributed by atoms with van der Waals surface area (Å²) in [4.78, 5) is 18.6. The Bertz CT molecular complexity index is 638. The Kier molecular flexibility index (Phi) is 4.24. The molecule has 2 N–H and O–H groups in total. The number of hydrogen-bond acceptors (Lipinski definition) is 4. The highest BCUT2D eigenvalue weighted by Crippen LogP contribution is 2.32. The number of likely N-dealkylation sites (tertiary alicyclic amines) is 1. The van der Waals surface area contributed by atoms with E-state index in [1.54, 1.807) is 0 Å². The number of nitrogens with zero attached hydrogens (tertiary/aromatic N) is 2. The van der Waals surface area contributed by atoms with E-state index < -0.39 is 0 Å². The van der Waals surface area contributed by atoms with Crippen molar-refractivity contribution in [1.82, 2.24) is 9.88 Å². The molecule has 0 unspecified atom stereocenters. The number of hydrogen-bond donors (Lipinski definition) is 1. The molecule has 1 aromatic carbocycles. The molecule has 1 aliphatic rings. The molecule has 3 rings (SSSR count). The van der Waals surface area contributed by atoms with Crippen LogP contribution in [0.4, 0.5) is 0 Å². The minimum Gasteiger partial charge on any atom is -0.448 e. The zero-order valence-corrected chi connectivity index (χ0v) is 12.7. The van der Waals surface area contributed by atoms with Crippen molar-refractivity contribution in [1.29, 1.82) is 0 Å². The summed E-state index contributed by atoms with van der Waals surface area (Å²) in [6.45, 7) is 3.88. The van der Waals surface area contributed by atoms with Crippen LogP contribution in [-0.2, 0) is 6.42 Å². The lowest BCUT2D eigenvalue weighted by molar-refractivity contribution is 0.0779. The van der Waals surface area contributed by atoms with Crippen molar-refractivity contribution in [3.63, 3.8) is 0 Å². The number of carbonyl (C=O) groups is 1. The first kappa shape index (κ1) is 14.8. The van der Waals surface area contributed by atoms with E-state index in [-0.39, 0.29) is 17.7 Å². The minimum absolute atomic E-state index is 0.0533. The average Bonchev–Trinajstić information content (AvgIpc) is 3.21. The Morgan fingerprint density at radius 1 is 1.36 bits per heavy atom. The molecule has 2 heterocycles. The fourth-order valence-corrected chi connectivity index (χ4v) is 3.20. The molecule has 0 aliphatic carbocycles. The van der Waals surface area contributed by atoms with Gasteiger partial charge in [-0.15, -0.1) is 0 Å². The first-order valence-corrected chi connectivity index (χ1v) is 7.71. The Hall–Kier alpha value is -2.14. The van der Waals surface area contributed by atoms with Crippen LogP contribution >= 0.6 is 0 Å². The Labute approximate surface area is 130 Å². The molecule has 1 saturated heterocycles. The van der Waals surface area contributed by atoms with E-state index in [4.69, 9.17) is 10.2 Å². The van der Waals surface area contributed by atoms with Crippen molar-refractivity contribution in [3.8, 4) is 0 Å². The molecule has 5 nitrogen and oxygen atoms in total. The van der Waals surface area contributed by atoms with E-state index in [0.717, 1.165) is 0 Å². The lowest BCUT2D eigenvalue weighted by Gasteiger charge is -2.16. The number of aromatic nitrogens is 1. The van der Waals surface area contributed by atoms with Crippen molar-refractivity contribution >= 4 is 5.91 Å². The van der Waals surface area contributed by atoms with Gasteiger partial charge in [-0.3, -0.25) is 4.79 Å². The zero-order chi connectivity index (χ0) is 15.5. The van der Waals surface area contributed by atoms with Crippen molar-refractivity contribution in [2.75, 3.05) is 19.6 Å². The second-order valence-corrected chi connectivity index (χ2v) is 5.70. The molecule has 22 heavy (non-hydrogen) atoms. The summed E-state index contributed by atoms with van der Waals surface area (Å²) in [5.41, 5.74) is 7.60. The molecule has 0 bridgehead atoms. The fourth-order valence-electron chi connectivity index (χ4n) is 3.20. The highest BCUT2D eigenvalue weighted by molar-refractivity contribution is 5.93. The number of aryl methyl sites for hydroxylation is 1.